The van der Waals surface area contributed by atoms with Crippen LogP contribution in [0.15, 0.2) is 0 Å². The fourth-order valence-corrected chi connectivity index (χ4v) is 1.83. The third kappa shape index (κ3) is 2.70. The summed E-state index contributed by atoms with van der Waals surface area (Å²) in [6, 6.07) is -0.165. The molecule has 0 aromatic heterocycles. The number of hydrogen-bond donors (Lipinski definition) is 2. The number of likely N-dealkylation sites (tertiary alicyclic amines) is 1. The summed E-state index contributed by atoms with van der Waals surface area (Å²) in [5.74, 6) is -0.370. The van der Waals surface area contributed by atoms with Gasteiger partial charge in [-0.1, -0.05) is 0 Å². The van der Waals surface area contributed by atoms with Crippen molar-refractivity contribution in [3.8, 4) is 0 Å². The highest BCUT2D eigenvalue weighted by Gasteiger charge is 2.29. The molecule has 2 amide bonds. The second-order valence-electron chi connectivity index (χ2n) is 3.82. The predicted molar refractivity (Wildman–Crippen MR) is 52.5 cm³/mol. The molecular formula is C9H17N3O2. The van der Waals surface area contributed by atoms with Crippen LogP contribution in [0.3, 0.4) is 0 Å². The van der Waals surface area contributed by atoms with Gasteiger partial charge in [-0.15, -0.1) is 0 Å². The quantitative estimate of drug-likeness (QED) is 0.603. The standard InChI is InChI=1S/C9H17N3O2/c1-6(13)11-7-3-4-12(2)8(5-7)9(10)14/h7-8H,3-5H2,1-2H3,(H2,10,14)(H,11,13). The van der Waals surface area contributed by atoms with Crippen molar-refractivity contribution in [2.24, 2.45) is 5.73 Å². The first kappa shape index (κ1) is 11.0. The molecule has 5 heteroatoms. The fraction of sp³-hybridized carbons (Fsp3) is 0.778. The van der Waals surface area contributed by atoms with E-state index in [-0.39, 0.29) is 23.9 Å². The van der Waals surface area contributed by atoms with Gasteiger partial charge in [-0.3, -0.25) is 14.5 Å². The van der Waals surface area contributed by atoms with Crippen LogP contribution in [-0.2, 0) is 9.59 Å². The minimum Gasteiger partial charge on any atom is -0.368 e. The highest BCUT2D eigenvalue weighted by Crippen LogP contribution is 2.15. The number of rotatable bonds is 2. The Morgan fingerprint density at radius 2 is 2.14 bits per heavy atom. The molecule has 1 aliphatic rings. The zero-order valence-electron chi connectivity index (χ0n) is 8.62. The van der Waals surface area contributed by atoms with Crippen molar-refractivity contribution in [2.75, 3.05) is 13.6 Å². The maximum Gasteiger partial charge on any atom is 0.234 e. The topological polar surface area (TPSA) is 75.4 Å². The molecule has 0 bridgehead atoms. The fourth-order valence-electron chi connectivity index (χ4n) is 1.83. The van der Waals surface area contributed by atoms with Crippen LogP contribution in [0, 0.1) is 0 Å². The molecule has 1 fully saturated rings. The Morgan fingerprint density at radius 1 is 1.50 bits per heavy atom. The molecule has 3 N–H and O–H groups in total. The van der Waals surface area contributed by atoms with Gasteiger partial charge >= 0.3 is 0 Å². The SMILES string of the molecule is CC(=O)NC1CCN(C)C(C(N)=O)C1. The Morgan fingerprint density at radius 3 is 2.64 bits per heavy atom. The van der Waals surface area contributed by atoms with Crippen LogP contribution >= 0.6 is 0 Å². The third-order valence-electron chi connectivity index (χ3n) is 2.61. The van der Waals surface area contributed by atoms with E-state index in [1.54, 1.807) is 0 Å². The molecule has 5 nitrogen and oxygen atoms in total. The summed E-state index contributed by atoms with van der Waals surface area (Å²) < 4.78 is 0. The van der Waals surface area contributed by atoms with E-state index in [1.165, 1.54) is 6.92 Å². The van der Waals surface area contributed by atoms with Gasteiger partial charge in [0.1, 0.15) is 0 Å². The summed E-state index contributed by atoms with van der Waals surface area (Å²) in [4.78, 5) is 23.8. The molecule has 1 rings (SSSR count). The molecule has 1 heterocycles. The van der Waals surface area contributed by atoms with Crippen molar-refractivity contribution in [3.05, 3.63) is 0 Å². The molecule has 80 valence electrons. The van der Waals surface area contributed by atoms with Crippen LogP contribution in [0.1, 0.15) is 19.8 Å². The third-order valence-corrected chi connectivity index (χ3v) is 2.61. The van der Waals surface area contributed by atoms with Crippen molar-refractivity contribution >= 4 is 11.8 Å². The molecule has 0 radical (unpaired) electrons. The summed E-state index contributed by atoms with van der Waals surface area (Å²) in [6.45, 7) is 2.27. The predicted octanol–water partition coefficient (Wildman–Crippen LogP) is -0.929. The highest BCUT2D eigenvalue weighted by atomic mass is 16.2. The zero-order valence-corrected chi connectivity index (χ0v) is 8.62. The van der Waals surface area contributed by atoms with E-state index in [9.17, 15) is 9.59 Å². The molecule has 2 unspecified atom stereocenters. The summed E-state index contributed by atoms with van der Waals surface area (Å²) >= 11 is 0. The van der Waals surface area contributed by atoms with Crippen LogP contribution in [-0.4, -0.2) is 42.4 Å². The Kier molecular flexibility index (Phi) is 3.46. The lowest BCUT2D eigenvalue weighted by Gasteiger charge is -2.35. The van der Waals surface area contributed by atoms with Gasteiger partial charge in [-0.25, -0.2) is 0 Å². The first-order chi connectivity index (χ1) is 6.50. The number of amides is 2. The van der Waals surface area contributed by atoms with Crippen LogP contribution in [0.25, 0.3) is 0 Å². The van der Waals surface area contributed by atoms with Gasteiger partial charge in [-0.2, -0.15) is 0 Å². The van der Waals surface area contributed by atoms with Gasteiger partial charge in [-0.05, 0) is 19.9 Å². The Balaban J connectivity index is 2.53. The number of piperidine rings is 1. The highest BCUT2D eigenvalue weighted by molar-refractivity contribution is 5.80. The second kappa shape index (κ2) is 4.41. The van der Waals surface area contributed by atoms with Gasteiger partial charge in [0.05, 0.1) is 6.04 Å². The first-order valence-corrected chi connectivity index (χ1v) is 4.77. The summed E-state index contributed by atoms with van der Waals surface area (Å²) in [5.41, 5.74) is 5.26. The number of carbonyl (C=O) groups excluding carboxylic acids is 2. The monoisotopic (exact) mass is 199 g/mol. The largest absolute Gasteiger partial charge is 0.368 e. The lowest BCUT2D eigenvalue weighted by atomic mass is 9.97. The van der Waals surface area contributed by atoms with Crippen LogP contribution in [0.2, 0.25) is 0 Å². The number of carbonyl (C=O) groups is 2. The van der Waals surface area contributed by atoms with Gasteiger partial charge in [0.25, 0.3) is 0 Å². The van der Waals surface area contributed by atoms with Crippen LogP contribution in [0.4, 0.5) is 0 Å². The average Bonchev–Trinajstić information content (AvgIpc) is 2.07. The number of likely N-dealkylation sites (N-methyl/N-ethyl adjacent to an activating group) is 1. The molecule has 0 aromatic rings. The molecule has 1 aliphatic heterocycles. The number of hydrogen-bond acceptors (Lipinski definition) is 3. The van der Waals surface area contributed by atoms with E-state index >= 15 is 0 Å². The van der Waals surface area contributed by atoms with E-state index in [1.807, 2.05) is 11.9 Å². The van der Waals surface area contributed by atoms with Gasteiger partial charge in [0, 0.05) is 19.5 Å². The maximum absolute atomic E-state index is 11.1. The lowest BCUT2D eigenvalue weighted by Crippen LogP contribution is -2.53. The molecule has 0 aliphatic carbocycles. The Labute approximate surface area is 83.6 Å². The Bertz CT molecular complexity index is 242. The summed E-state index contributed by atoms with van der Waals surface area (Å²) in [7, 11) is 1.87. The first-order valence-electron chi connectivity index (χ1n) is 4.77. The molecule has 0 spiro atoms. The van der Waals surface area contributed by atoms with Gasteiger partial charge in [0.15, 0.2) is 0 Å². The second-order valence-corrected chi connectivity index (χ2v) is 3.82. The van der Waals surface area contributed by atoms with Crippen molar-refractivity contribution in [3.63, 3.8) is 0 Å². The maximum atomic E-state index is 11.1. The summed E-state index contributed by atoms with van der Waals surface area (Å²) in [6.07, 6.45) is 1.49. The van der Waals surface area contributed by atoms with E-state index in [0.29, 0.717) is 6.42 Å². The van der Waals surface area contributed by atoms with E-state index < -0.39 is 0 Å². The summed E-state index contributed by atoms with van der Waals surface area (Å²) in [5, 5.41) is 2.81. The van der Waals surface area contributed by atoms with Crippen LogP contribution < -0.4 is 11.1 Å². The van der Waals surface area contributed by atoms with E-state index in [0.717, 1.165) is 13.0 Å². The van der Waals surface area contributed by atoms with E-state index in [2.05, 4.69) is 5.32 Å². The van der Waals surface area contributed by atoms with Crippen molar-refractivity contribution in [1.82, 2.24) is 10.2 Å². The number of nitrogens with two attached hydrogens (primary N) is 1. The van der Waals surface area contributed by atoms with Crippen molar-refractivity contribution in [2.45, 2.75) is 31.8 Å². The number of primary amides is 1. The van der Waals surface area contributed by atoms with Gasteiger partial charge in [0.2, 0.25) is 11.8 Å². The molecule has 14 heavy (non-hydrogen) atoms. The van der Waals surface area contributed by atoms with Crippen molar-refractivity contribution < 1.29 is 9.59 Å². The molecule has 0 saturated carbocycles. The average molecular weight is 199 g/mol. The minimum absolute atomic E-state index is 0.0530. The van der Waals surface area contributed by atoms with Crippen molar-refractivity contribution in [1.29, 1.82) is 0 Å². The van der Waals surface area contributed by atoms with E-state index in [4.69, 9.17) is 5.73 Å². The molecular weight excluding hydrogens is 182 g/mol. The number of nitrogens with zero attached hydrogens (tertiary/aromatic N) is 1. The molecule has 1 saturated heterocycles. The normalized spacial score (nSPS) is 28.4. The van der Waals surface area contributed by atoms with Crippen LogP contribution in [0.5, 0.6) is 0 Å². The van der Waals surface area contributed by atoms with Gasteiger partial charge < -0.3 is 11.1 Å². The number of nitrogens with one attached hydrogen (secondary N) is 1. The Hall–Kier alpha value is -1.10. The smallest absolute Gasteiger partial charge is 0.234 e. The molecule has 2 atom stereocenters. The molecule has 0 aromatic carbocycles. The lowest BCUT2D eigenvalue weighted by molar-refractivity contribution is -0.126. The zero-order chi connectivity index (χ0) is 10.7. The minimum atomic E-state index is -0.317.